The molecule has 1 aromatic heterocycles. The number of nitrogens with zero attached hydrogens (tertiary/aromatic N) is 1. The van der Waals surface area contributed by atoms with Crippen molar-refractivity contribution in [2.45, 2.75) is 32.4 Å². The van der Waals surface area contributed by atoms with Gasteiger partial charge in [0.05, 0.1) is 30.5 Å². The van der Waals surface area contributed by atoms with Crippen LogP contribution in [-0.4, -0.2) is 16.8 Å². The van der Waals surface area contributed by atoms with Gasteiger partial charge >= 0.3 is 0 Å². The summed E-state index contributed by atoms with van der Waals surface area (Å²) in [4.78, 5) is 27.8. The van der Waals surface area contributed by atoms with Crippen molar-refractivity contribution >= 4 is 29.0 Å². The first-order chi connectivity index (χ1) is 13.8. The fourth-order valence-corrected chi connectivity index (χ4v) is 4.10. The Balaban J connectivity index is 1.74. The number of ketones is 1. The van der Waals surface area contributed by atoms with E-state index in [0.29, 0.717) is 33.2 Å². The molecule has 1 atom stereocenters. The molecule has 0 aliphatic carbocycles. The Labute approximate surface area is 173 Å². The first-order valence-electron chi connectivity index (χ1n) is 9.27. The third-order valence-corrected chi connectivity index (χ3v) is 5.57. The molecule has 6 heteroatoms. The van der Waals surface area contributed by atoms with E-state index >= 15 is 0 Å². The number of fused-ring (bicyclic) bond motifs is 1. The van der Waals surface area contributed by atoms with Gasteiger partial charge in [0.15, 0.2) is 11.4 Å². The maximum Gasteiger partial charge on any atom is 0.264 e. The largest absolute Gasteiger partial charge is 0.469 e. The van der Waals surface area contributed by atoms with Gasteiger partial charge in [0.1, 0.15) is 5.76 Å². The summed E-state index contributed by atoms with van der Waals surface area (Å²) in [5.41, 5.74) is 0.906. The predicted molar refractivity (Wildman–Crippen MR) is 110 cm³/mol. The van der Waals surface area contributed by atoms with Crippen LogP contribution in [0, 0.1) is 13.8 Å². The van der Waals surface area contributed by atoms with E-state index in [1.54, 1.807) is 32.0 Å². The lowest BCUT2D eigenvalue weighted by molar-refractivity contribution is -0.136. The van der Waals surface area contributed by atoms with Gasteiger partial charge in [0.2, 0.25) is 0 Å². The number of aryl methyl sites for hydroxylation is 2. The van der Waals surface area contributed by atoms with Crippen molar-refractivity contribution in [1.82, 2.24) is 0 Å². The molecule has 1 N–H and O–H groups in total. The molecule has 0 bridgehead atoms. The molecule has 29 heavy (non-hydrogen) atoms. The van der Waals surface area contributed by atoms with E-state index in [9.17, 15) is 14.7 Å². The van der Waals surface area contributed by atoms with Crippen LogP contribution in [0.4, 0.5) is 5.69 Å². The van der Waals surface area contributed by atoms with Gasteiger partial charge in [-0.2, -0.15) is 0 Å². The molecule has 2 heterocycles. The highest BCUT2D eigenvalue weighted by Crippen LogP contribution is 2.45. The van der Waals surface area contributed by atoms with Crippen molar-refractivity contribution in [2.75, 3.05) is 4.90 Å². The number of Topliss-reactive ketones (excluding diaryl/α,β-unsaturated/α-hetero) is 1. The molecule has 1 aliphatic heterocycles. The zero-order chi connectivity index (χ0) is 20.8. The van der Waals surface area contributed by atoms with E-state index in [0.717, 1.165) is 5.56 Å². The summed E-state index contributed by atoms with van der Waals surface area (Å²) in [6.45, 7) is 3.73. The SMILES string of the molecule is Cc1coc(C)c1C(=O)CC1(O)C(=O)N(Cc2ccccc2)c2ccc(Cl)cc21. The van der Waals surface area contributed by atoms with Gasteiger partial charge in [0.25, 0.3) is 5.91 Å². The molecule has 5 nitrogen and oxygen atoms in total. The van der Waals surface area contributed by atoms with Gasteiger partial charge in [-0.05, 0) is 43.2 Å². The molecule has 4 rings (SSSR count). The number of furan rings is 1. The van der Waals surface area contributed by atoms with Crippen LogP contribution in [0.15, 0.2) is 59.2 Å². The van der Waals surface area contributed by atoms with E-state index < -0.39 is 11.5 Å². The molecule has 0 fully saturated rings. The van der Waals surface area contributed by atoms with Crippen molar-refractivity contribution in [3.05, 3.63) is 87.8 Å². The normalized spacial score (nSPS) is 18.2. The van der Waals surface area contributed by atoms with Gasteiger partial charge in [-0.15, -0.1) is 0 Å². The Morgan fingerprint density at radius 2 is 1.90 bits per heavy atom. The van der Waals surface area contributed by atoms with Crippen LogP contribution in [0.1, 0.15) is 39.2 Å². The molecule has 1 aliphatic rings. The Bertz CT molecular complexity index is 1090. The van der Waals surface area contributed by atoms with Crippen molar-refractivity contribution in [3.63, 3.8) is 0 Å². The van der Waals surface area contributed by atoms with Gasteiger partial charge in [-0.1, -0.05) is 41.9 Å². The minimum absolute atomic E-state index is 0.286. The highest BCUT2D eigenvalue weighted by molar-refractivity contribution is 6.31. The topological polar surface area (TPSA) is 70.7 Å². The molecule has 0 spiro atoms. The summed E-state index contributed by atoms with van der Waals surface area (Å²) in [7, 11) is 0. The van der Waals surface area contributed by atoms with Gasteiger partial charge in [-0.3, -0.25) is 9.59 Å². The van der Waals surface area contributed by atoms with E-state index in [1.807, 2.05) is 30.3 Å². The maximum atomic E-state index is 13.3. The van der Waals surface area contributed by atoms with Crippen LogP contribution in [0.5, 0.6) is 0 Å². The van der Waals surface area contributed by atoms with Crippen LogP contribution in [-0.2, 0) is 16.9 Å². The first kappa shape index (κ1) is 19.4. The van der Waals surface area contributed by atoms with Crippen LogP contribution in [0.3, 0.4) is 0 Å². The minimum atomic E-state index is -1.98. The summed E-state index contributed by atoms with van der Waals surface area (Å²) in [5, 5.41) is 11.8. The molecular formula is C23H20ClNO4. The summed E-state index contributed by atoms with van der Waals surface area (Å²) in [6.07, 6.45) is 1.11. The molecule has 0 saturated carbocycles. The van der Waals surface area contributed by atoms with Crippen molar-refractivity contribution in [3.8, 4) is 0 Å². The molecule has 148 valence electrons. The number of carbonyl (C=O) groups excluding carboxylic acids is 2. The summed E-state index contributed by atoms with van der Waals surface area (Å²) in [6, 6.07) is 14.4. The summed E-state index contributed by atoms with van der Waals surface area (Å²) in [5.74, 6) is -0.420. The number of rotatable bonds is 5. The van der Waals surface area contributed by atoms with E-state index in [1.165, 1.54) is 11.2 Å². The van der Waals surface area contributed by atoms with Gasteiger partial charge in [0, 0.05) is 10.6 Å². The summed E-state index contributed by atoms with van der Waals surface area (Å²) >= 11 is 6.15. The number of halogens is 1. The molecule has 1 unspecified atom stereocenters. The second kappa shape index (κ2) is 7.17. The Morgan fingerprint density at radius 1 is 1.17 bits per heavy atom. The highest BCUT2D eigenvalue weighted by atomic mass is 35.5. The van der Waals surface area contributed by atoms with Crippen LogP contribution in [0.25, 0.3) is 0 Å². The monoisotopic (exact) mass is 409 g/mol. The average molecular weight is 410 g/mol. The smallest absolute Gasteiger partial charge is 0.264 e. The lowest BCUT2D eigenvalue weighted by Gasteiger charge is -2.23. The van der Waals surface area contributed by atoms with Gasteiger partial charge < -0.3 is 14.4 Å². The third-order valence-electron chi connectivity index (χ3n) is 5.33. The van der Waals surface area contributed by atoms with Crippen molar-refractivity contribution < 1.29 is 19.1 Å². The average Bonchev–Trinajstić information content (AvgIpc) is 3.13. The summed E-state index contributed by atoms with van der Waals surface area (Å²) < 4.78 is 5.31. The van der Waals surface area contributed by atoms with E-state index in [2.05, 4.69) is 0 Å². The fourth-order valence-electron chi connectivity index (χ4n) is 3.93. The fraction of sp³-hybridized carbons (Fsp3) is 0.217. The zero-order valence-corrected chi connectivity index (χ0v) is 16.9. The number of benzene rings is 2. The number of hydrogen-bond acceptors (Lipinski definition) is 4. The van der Waals surface area contributed by atoms with E-state index in [4.69, 9.17) is 16.0 Å². The van der Waals surface area contributed by atoms with E-state index in [-0.39, 0.29) is 18.7 Å². The third kappa shape index (κ3) is 3.26. The Morgan fingerprint density at radius 3 is 2.55 bits per heavy atom. The van der Waals surface area contributed by atoms with Crippen molar-refractivity contribution in [2.24, 2.45) is 0 Å². The zero-order valence-electron chi connectivity index (χ0n) is 16.1. The molecule has 2 aromatic carbocycles. The highest BCUT2D eigenvalue weighted by Gasteiger charge is 2.51. The number of anilines is 1. The van der Waals surface area contributed by atoms with Crippen LogP contribution >= 0.6 is 11.6 Å². The Kier molecular flexibility index (Phi) is 4.81. The predicted octanol–water partition coefficient (Wildman–Crippen LogP) is 4.56. The van der Waals surface area contributed by atoms with Gasteiger partial charge in [-0.25, -0.2) is 0 Å². The lowest BCUT2D eigenvalue weighted by atomic mass is 9.87. The van der Waals surface area contributed by atoms with Crippen LogP contribution < -0.4 is 4.90 Å². The van der Waals surface area contributed by atoms with Crippen molar-refractivity contribution in [1.29, 1.82) is 0 Å². The molecule has 3 aromatic rings. The Hall–Kier alpha value is -2.89. The molecule has 0 saturated heterocycles. The minimum Gasteiger partial charge on any atom is -0.469 e. The number of aliphatic hydroxyl groups is 1. The molecular weight excluding hydrogens is 390 g/mol. The quantitative estimate of drug-likeness (QED) is 0.627. The second-order valence-corrected chi connectivity index (χ2v) is 7.78. The number of amides is 1. The molecule has 1 amide bonds. The number of hydrogen-bond donors (Lipinski definition) is 1. The second-order valence-electron chi connectivity index (χ2n) is 7.35. The lowest BCUT2D eigenvalue weighted by Crippen LogP contribution is -2.41. The maximum absolute atomic E-state index is 13.3. The first-order valence-corrected chi connectivity index (χ1v) is 9.65. The standard InChI is InChI=1S/C23H20ClNO4/c1-14-13-29-15(2)21(14)20(26)11-23(28)18-10-17(24)8-9-19(18)25(22(23)27)12-16-6-4-3-5-7-16/h3-10,13,28H,11-12H2,1-2H3. The number of carbonyl (C=O) groups is 2. The molecule has 0 radical (unpaired) electrons. The van der Waals surface area contributed by atoms with Crippen LogP contribution in [0.2, 0.25) is 5.02 Å².